The first-order chi connectivity index (χ1) is 14.0. The van der Waals surface area contributed by atoms with Crippen LogP contribution in [-0.2, 0) is 17.9 Å². The number of carbonyl (C=O) groups excluding carboxylic acids is 1. The summed E-state index contributed by atoms with van der Waals surface area (Å²) in [5, 5.41) is 9.37. The largest absolute Gasteiger partial charge is 0.495 e. The Morgan fingerprint density at radius 1 is 1.07 bits per heavy atom. The number of rotatable bonds is 8. The predicted molar refractivity (Wildman–Crippen MR) is 117 cm³/mol. The van der Waals surface area contributed by atoms with Crippen molar-refractivity contribution < 1.29 is 14.3 Å². The van der Waals surface area contributed by atoms with Crippen molar-refractivity contribution in [3.8, 4) is 11.5 Å². The molecule has 0 radical (unpaired) electrons. The van der Waals surface area contributed by atoms with E-state index in [1.165, 1.54) is 6.92 Å². The lowest BCUT2D eigenvalue weighted by atomic mass is 10.1. The highest BCUT2D eigenvalue weighted by atomic mass is 16.5. The lowest BCUT2D eigenvalue weighted by Crippen LogP contribution is -2.36. The molecule has 0 heterocycles. The minimum atomic E-state index is -0.144. The summed E-state index contributed by atoms with van der Waals surface area (Å²) < 4.78 is 11.0. The molecule has 29 heavy (non-hydrogen) atoms. The van der Waals surface area contributed by atoms with Crippen molar-refractivity contribution in [2.75, 3.05) is 26.1 Å². The van der Waals surface area contributed by atoms with Crippen molar-refractivity contribution in [1.29, 1.82) is 0 Å². The summed E-state index contributed by atoms with van der Waals surface area (Å²) in [5.74, 6) is 2.03. The number of aliphatic imine (C=N–C) groups is 1. The summed E-state index contributed by atoms with van der Waals surface area (Å²) in [4.78, 5) is 15.7. The van der Waals surface area contributed by atoms with Crippen molar-refractivity contribution in [3.05, 3.63) is 53.1 Å². The van der Waals surface area contributed by atoms with Crippen molar-refractivity contribution in [3.63, 3.8) is 0 Å². The molecule has 1 amide bonds. The Labute approximate surface area is 172 Å². The molecule has 0 aliphatic carbocycles. The van der Waals surface area contributed by atoms with Crippen LogP contribution in [0.3, 0.4) is 0 Å². The van der Waals surface area contributed by atoms with Crippen LogP contribution in [0.2, 0.25) is 0 Å². The van der Waals surface area contributed by atoms with Gasteiger partial charge in [-0.05, 0) is 43.2 Å². The topological polar surface area (TPSA) is 84.0 Å². The highest BCUT2D eigenvalue weighted by molar-refractivity contribution is 5.90. The Morgan fingerprint density at radius 2 is 1.83 bits per heavy atom. The van der Waals surface area contributed by atoms with E-state index in [1.807, 2.05) is 38.1 Å². The molecule has 0 spiro atoms. The summed E-state index contributed by atoms with van der Waals surface area (Å²) >= 11 is 0. The van der Waals surface area contributed by atoms with Crippen LogP contribution in [0.4, 0.5) is 5.69 Å². The number of guanidine groups is 1. The SMILES string of the molecule is CCOc1cc(C)ccc1CNC(=NC)NCc1ccc(OC)c(NC(C)=O)c1. The molecule has 7 nitrogen and oxygen atoms in total. The number of methoxy groups -OCH3 is 1. The number of aryl methyl sites for hydroxylation is 1. The molecule has 2 aromatic carbocycles. The molecule has 3 N–H and O–H groups in total. The van der Waals surface area contributed by atoms with Crippen LogP contribution in [-0.4, -0.2) is 32.6 Å². The van der Waals surface area contributed by atoms with Crippen molar-refractivity contribution in [2.45, 2.75) is 33.9 Å². The van der Waals surface area contributed by atoms with Gasteiger partial charge in [-0.2, -0.15) is 0 Å². The van der Waals surface area contributed by atoms with Crippen LogP contribution < -0.4 is 25.4 Å². The molecule has 0 saturated heterocycles. The lowest BCUT2D eigenvalue weighted by molar-refractivity contribution is -0.114. The summed E-state index contributed by atoms with van der Waals surface area (Å²) in [7, 11) is 3.30. The number of hydrogen-bond donors (Lipinski definition) is 3. The second-order valence-corrected chi connectivity index (χ2v) is 6.54. The molecule has 0 aliphatic heterocycles. The van der Waals surface area contributed by atoms with Crippen molar-refractivity contribution >= 4 is 17.6 Å². The second-order valence-electron chi connectivity index (χ2n) is 6.54. The van der Waals surface area contributed by atoms with Gasteiger partial charge in [0.1, 0.15) is 11.5 Å². The Kier molecular flexibility index (Phi) is 8.33. The maximum absolute atomic E-state index is 11.4. The summed E-state index contributed by atoms with van der Waals surface area (Å²) in [6, 6.07) is 11.8. The van der Waals surface area contributed by atoms with Crippen LogP contribution in [0, 0.1) is 6.92 Å². The van der Waals surface area contributed by atoms with Crippen LogP contribution in [0.1, 0.15) is 30.5 Å². The van der Waals surface area contributed by atoms with E-state index in [2.05, 4.69) is 33.1 Å². The fraction of sp³-hybridized carbons (Fsp3) is 0.364. The molecule has 0 aromatic heterocycles. The average Bonchev–Trinajstić information content (AvgIpc) is 2.69. The molecule has 0 fully saturated rings. The van der Waals surface area contributed by atoms with Gasteiger partial charge in [-0.25, -0.2) is 0 Å². The number of ether oxygens (including phenoxy) is 2. The van der Waals surface area contributed by atoms with E-state index in [1.54, 1.807) is 14.2 Å². The minimum Gasteiger partial charge on any atom is -0.495 e. The molecule has 0 atom stereocenters. The summed E-state index contributed by atoms with van der Waals surface area (Å²) in [5.41, 5.74) is 3.86. The number of nitrogens with one attached hydrogen (secondary N) is 3. The summed E-state index contributed by atoms with van der Waals surface area (Å²) in [6.07, 6.45) is 0. The molecule has 156 valence electrons. The molecule has 2 aromatic rings. The third-order valence-corrected chi connectivity index (χ3v) is 4.23. The number of hydrogen-bond acceptors (Lipinski definition) is 4. The molecule has 0 saturated carbocycles. The zero-order valence-corrected chi connectivity index (χ0v) is 17.8. The zero-order valence-electron chi connectivity index (χ0n) is 17.8. The van der Waals surface area contributed by atoms with Gasteiger partial charge in [-0.3, -0.25) is 9.79 Å². The maximum atomic E-state index is 11.4. The molecule has 0 bridgehead atoms. The third-order valence-electron chi connectivity index (χ3n) is 4.23. The fourth-order valence-corrected chi connectivity index (χ4v) is 2.84. The van der Waals surface area contributed by atoms with Crippen molar-refractivity contribution in [1.82, 2.24) is 10.6 Å². The highest BCUT2D eigenvalue weighted by Gasteiger charge is 2.08. The van der Waals surface area contributed by atoms with Gasteiger partial charge in [-0.1, -0.05) is 18.2 Å². The van der Waals surface area contributed by atoms with Crippen molar-refractivity contribution in [2.24, 2.45) is 4.99 Å². The number of anilines is 1. The molecule has 0 aliphatic rings. The van der Waals surface area contributed by atoms with E-state index in [0.717, 1.165) is 22.4 Å². The van der Waals surface area contributed by atoms with Gasteiger partial charge in [0.2, 0.25) is 5.91 Å². The Balaban J connectivity index is 2.00. The monoisotopic (exact) mass is 398 g/mol. The van der Waals surface area contributed by atoms with Gasteiger partial charge in [0, 0.05) is 32.6 Å². The Bertz CT molecular complexity index is 865. The maximum Gasteiger partial charge on any atom is 0.221 e. The Morgan fingerprint density at radius 3 is 2.48 bits per heavy atom. The standard InChI is InChI=1S/C22H30N4O3/c1-6-29-21-11-15(2)7-9-18(21)14-25-22(23-4)24-13-17-8-10-20(28-5)19(12-17)26-16(3)27/h7-12H,6,13-14H2,1-5H3,(H,26,27)(H2,23,24,25). The third kappa shape index (κ3) is 6.71. The number of carbonyl (C=O) groups is 1. The van der Waals surface area contributed by atoms with Crippen LogP contribution in [0.5, 0.6) is 11.5 Å². The van der Waals surface area contributed by atoms with E-state index in [-0.39, 0.29) is 5.91 Å². The van der Waals surface area contributed by atoms with Crippen LogP contribution >= 0.6 is 0 Å². The first-order valence-electron chi connectivity index (χ1n) is 9.58. The summed E-state index contributed by atoms with van der Waals surface area (Å²) in [6.45, 7) is 7.25. The highest BCUT2D eigenvalue weighted by Crippen LogP contribution is 2.25. The first-order valence-corrected chi connectivity index (χ1v) is 9.58. The van der Waals surface area contributed by atoms with Gasteiger partial charge in [0.25, 0.3) is 0 Å². The van der Waals surface area contributed by atoms with Gasteiger partial charge in [0.05, 0.1) is 19.4 Å². The number of amides is 1. The quantitative estimate of drug-likeness (QED) is 0.470. The minimum absolute atomic E-state index is 0.144. The number of nitrogens with zero attached hydrogens (tertiary/aromatic N) is 1. The fourth-order valence-electron chi connectivity index (χ4n) is 2.84. The van der Waals surface area contributed by atoms with Gasteiger partial charge in [0.15, 0.2) is 5.96 Å². The Hall–Kier alpha value is -3.22. The van der Waals surface area contributed by atoms with Gasteiger partial charge < -0.3 is 25.4 Å². The van der Waals surface area contributed by atoms with E-state index >= 15 is 0 Å². The molecular weight excluding hydrogens is 368 g/mol. The van der Waals surface area contributed by atoms with E-state index in [0.29, 0.717) is 37.1 Å². The van der Waals surface area contributed by atoms with E-state index in [4.69, 9.17) is 9.47 Å². The second kappa shape index (κ2) is 10.9. The van der Waals surface area contributed by atoms with Crippen LogP contribution in [0.15, 0.2) is 41.4 Å². The zero-order chi connectivity index (χ0) is 21.2. The van der Waals surface area contributed by atoms with Gasteiger partial charge >= 0.3 is 0 Å². The molecule has 7 heteroatoms. The van der Waals surface area contributed by atoms with Crippen LogP contribution in [0.25, 0.3) is 0 Å². The smallest absolute Gasteiger partial charge is 0.221 e. The first kappa shape index (κ1) is 22.1. The van der Waals surface area contributed by atoms with E-state index < -0.39 is 0 Å². The average molecular weight is 399 g/mol. The van der Waals surface area contributed by atoms with Gasteiger partial charge in [-0.15, -0.1) is 0 Å². The lowest BCUT2D eigenvalue weighted by Gasteiger charge is -2.16. The number of benzene rings is 2. The molecule has 0 unspecified atom stereocenters. The molecular formula is C22H30N4O3. The molecule has 2 rings (SSSR count). The predicted octanol–water partition coefficient (Wildman–Crippen LogP) is 3.23. The normalized spacial score (nSPS) is 11.0. The van der Waals surface area contributed by atoms with E-state index in [9.17, 15) is 4.79 Å².